The molecule has 2 rings (SSSR count). The molecule has 0 radical (unpaired) electrons. The maximum Gasteiger partial charge on any atom is 0.184 e. The lowest BCUT2D eigenvalue weighted by molar-refractivity contribution is -0.243. The number of hydrogen-bond donors (Lipinski definition) is 0. The van der Waals surface area contributed by atoms with E-state index in [9.17, 15) is 0 Å². The lowest BCUT2D eigenvalue weighted by atomic mass is 10.1. The SMILES string of the molecule is CC[C@H]1C[C@H](C)OC(c2ccccc2)O1. The van der Waals surface area contributed by atoms with Gasteiger partial charge >= 0.3 is 0 Å². The smallest absolute Gasteiger partial charge is 0.184 e. The predicted molar refractivity (Wildman–Crippen MR) is 59.5 cm³/mol. The highest BCUT2D eigenvalue weighted by Gasteiger charge is 2.27. The zero-order chi connectivity index (χ0) is 10.7. The highest BCUT2D eigenvalue weighted by Crippen LogP contribution is 2.30. The molecule has 82 valence electrons. The first-order valence-corrected chi connectivity index (χ1v) is 5.65. The van der Waals surface area contributed by atoms with Crippen LogP contribution in [0.5, 0.6) is 0 Å². The molecule has 2 nitrogen and oxygen atoms in total. The Morgan fingerprint density at radius 2 is 1.93 bits per heavy atom. The van der Waals surface area contributed by atoms with Crippen LogP contribution in [0.1, 0.15) is 38.5 Å². The van der Waals surface area contributed by atoms with Gasteiger partial charge in [-0.1, -0.05) is 37.3 Å². The van der Waals surface area contributed by atoms with Gasteiger partial charge in [-0.05, 0) is 19.8 Å². The van der Waals surface area contributed by atoms with Crippen molar-refractivity contribution >= 4 is 0 Å². The second kappa shape index (κ2) is 4.77. The van der Waals surface area contributed by atoms with Crippen molar-refractivity contribution in [3.05, 3.63) is 35.9 Å². The Kier molecular flexibility index (Phi) is 3.39. The van der Waals surface area contributed by atoms with Crippen molar-refractivity contribution < 1.29 is 9.47 Å². The Hall–Kier alpha value is -0.860. The first-order valence-electron chi connectivity index (χ1n) is 5.65. The molecule has 15 heavy (non-hydrogen) atoms. The minimum Gasteiger partial charge on any atom is -0.345 e. The molecule has 0 amide bonds. The second-order valence-corrected chi connectivity index (χ2v) is 4.09. The Morgan fingerprint density at radius 1 is 1.20 bits per heavy atom. The summed E-state index contributed by atoms with van der Waals surface area (Å²) in [5, 5.41) is 0. The lowest BCUT2D eigenvalue weighted by Crippen LogP contribution is -2.31. The van der Waals surface area contributed by atoms with E-state index in [0.29, 0.717) is 6.10 Å². The third kappa shape index (κ3) is 2.58. The van der Waals surface area contributed by atoms with Crippen molar-refractivity contribution in [3.63, 3.8) is 0 Å². The minimum absolute atomic E-state index is 0.181. The van der Waals surface area contributed by atoms with E-state index in [1.807, 2.05) is 18.2 Å². The van der Waals surface area contributed by atoms with E-state index in [2.05, 4.69) is 26.0 Å². The highest BCUT2D eigenvalue weighted by atomic mass is 16.7. The third-order valence-corrected chi connectivity index (χ3v) is 2.79. The van der Waals surface area contributed by atoms with Crippen molar-refractivity contribution in [2.75, 3.05) is 0 Å². The van der Waals surface area contributed by atoms with E-state index in [1.165, 1.54) is 0 Å². The van der Waals surface area contributed by atoms with Gasteiger partial charge in [-0.15, -0.1) is 0 Å². The third-order valence-electron chi connectivity index (χ3n) is 2.79. The topological polar surface area (TPSA) is 18.5 Å². The average Bonchev–Trinajstić information content (AvgIpc) is 2.29. The molecule has 0 bridgehead atoms. The fourth-order valence-corrected chi connectivity index (χ4v) is 1.93. The Balaban J connectivity index is 2.09. The Morgan fingerprint density at radius 3 is 2.60 bits per heavy atom. The van der Waals surface area contributed by atoms with E-state index in [-0.39, 0.29) is 12.4 Å². The van der Waals surface area contributed by atoms with Crippen LogP contribution in [0.4, 0.5) is 0 Å². The maximum atomic E-state index is 5.87. The van der Waals surface area contributed by atoms with Crippen LogP contribution in [0.3, 0.4) is 0 Å². The molecule has 1 unspecified atom stereocenters. The summed E-state index contributed by atoms with van der Waals surface area (Å²) in [6.07, 6.45) is 2.49. The van der Waals surface area contributed by atoms with Gasteiger partial charge in [0.2, 0.25) is 0 Å². The summed E-state index contributed by atoms with van der Waals surface area (Å²) in [4.78, 5) is 0. The standard InChI is InChI=1S/C13H18O2/c1-3-12-9-10(2)14-13(15-12)11-7-5-4-6-8-11/h4-8,10,12-13H,3,9H2,1-2H3/t10-,12-,13?/m0/s1. The predicted octanol–water partition coefficient (Wildman–Crippen LogP) is 3.29. The summed E-state index contributed by atoms with van der Waals surface area (Å²) >= 11 is 0. The largest absolute Gasteiger partial charge is 0.345 e. The van der Waals surface area contributed by atoms with Crippen molar-refractivity contribution in [3.8, 4) is 0 Å². The number of rotatable bonds is 2. The van der Waals surface area contributed by atoms with Crippen LogP contribution in [0.15, 0.2) is 30.3 Å². The highest BCUT2D eigenvalue weighted by molar-refractivity contribution is 5.16. The van der Waals surface area contributed by atoms with E-state index in [4.69, 9.17) is 9.47 Å². The minimum atomic E-state index is -0.181. The van der Waals surface area contributed by atoms with Crippen molar-refractivity contribution in [1.29, 1.82) is 0 Å². The van der Waals surface area contributed by atoms with Gasteiger partial charge in [0.05, 0.1) is 12.2 Å². The Bertz CT molecular complexity index is 297. The van der Waals surface area contributed by atoms with E-state index in [1.54, 1.807) is 0 Å². The van der Waals surface area contributed by atoms with Gasteiger partial charge in [0.15, 0.2) is 6.29 Å². The maximum absolute atomic E-state index is 5.87. The van der Waals surface area contributed by atoms with E-state index < -0.39 is 0 Å². The number of hydrogen-bond acceptors (Lipinski definition) is 2. The molecular formula is C13H18O2. The summed E-state index contributed by atoms with van der Waals surface area (Å²) in [7, 11) is 0. The van der Waals surface area contributed by atoms with Gasteiger partial charge in [0.1, 0.15) is 0 Å². The Labute approximate surface area is 91.2 Å². The van der Waals surface area contributed by atoms with Crippen LogP contribution in [0.25, 0.3) is 0 Å². The normalized spacial score (nSPS) is 31.5. The van der Waals surface area contributed by atoms with Crippen LogP contribution < -0.4 is 0 Å². The molecule has 1 saturated heterocycles. The zero-order valence-electron chi connectivity index (χ0n) is 9.35. The molecular weight excluding hydrogens is 188 g/mol. The molecule has 1 aliphatic heterocycles. The molecule has 1 aliphatic rings. The molecule has 0 N–H and O–H groups in total. The lowest BCUT2D eigenvalue weighted by Gasteiger charge is -2.34. The van der Waals surface area contributed by atoms with Gasteiger partial charge < -0.3 is 9.47 Å². The molecule has 0 saturated carbocycles. The van der Waals surface area contributed by atoms with Gasteiger partial charge in [-0.2, -0.15) is 0 Å². The molecule has 1 heterocycles. The fourth-order valence-electron chi connectivity index (χ4n) is 1.93. The van der Waals surface area contributed by atoms with Crippen LogP contribution >= 0.6 is 0 Å². The van der Waals surface area contributed by atoms with Gasteiger partial charge in [0, 0.05) is 5.56 Å². The first-order chi connectivity index (χ1) is 7.29. The molecule has 1 fully saturated rings. The summed E-state index contributed by atoms with van der Waals surface area (Å²) in [6.45, 7) is 4.27. The van der Waals surface area contributed by atoms with Crippen molar-refractivity contribution in [2.24, 2.45) is 0 Å². The van der Waals surface area contributed by atoms with Crippen LogP contribution in [-0.2, 0) is 9.47 Å². The van der Waals surface area contributed by atoms with E-state index in [0.717, 1.165) is 18.4 Å². The first kappa shape index (κ1) is 10.7. The summed E-state index contributed by atoms with van der Waals surface area (Å²) in [5.74, 6) is 0. The van der Waals surface area contributed by atoms with Crippen LogP contribution in [-0.4, -0.2) is 12.2 Å². The quantitative estimate of drug-likeness (QED) is 0.739. The molecule has 0 spiro atoms. The number of benzene rings is 1. The van der Waals surface area contributed by atoms with Crippen LogP contribution in [0.2, 0.25) is 0 Å². The summed E-state index contributed by atoms with van der Waals surface area (Å²) < 4.78 is 11.7. The zero-order valence-corrected chi connectivity index (χ0v) is 9.35. The number of ether oxygens (including phenoxy) is 2. The van der Waals surface area contributed by atoms with Crippen molar-refractivity contribution in [2.45, 2.75) is 45.2 Å². The molecule has 0 aliphatic carbocycles. The second-order valence-electron chi connectivity index (χ2n) is 4.09. The molecule has 3 atom stereocenters. The summed E-state index contributed by atoms with van der Waals surface area (Å²) in [6, 6.07) is 10.1. The molecule has 1 aromatic carbocycles. The monoisotopic (exact) mass is 206 g/mol. The van der Waals surface area contributed by atoms with Gasteiger partial charge in [-0.25, -0.2) is 0 Å². The fraction of sp³-hybridized carbons (Fsp3) is 0.538. The summed E-state index contributed by atoms with van der Waals surface area (Å²) in [5.41, 5.74) is 1.11. The van der Waals surface area contributed by atoms with E-state index >= 15 is 0 Å². The molecule has 2 heteroatoms. The molecule has 0 aromatic heterocycles. The van der Waals surface area contributed by atoms with Gasteiger partial charge in [-0.3, -0.25) is 0 Å². The van der Waals surface area contributed by atoms with Gasteiger partial charge in [0.25, 0.3) is 0 Å². The molecule has 1 aromatic rings. The van der Waals surface area contributed by atoms with Crippen molar-refractivity contribution in [1.82, 2.24) is 0 Å². The average molecular weight is 206 g/mol. The van der Waals surface area contributed by atoms with Crippen LogP contribution in [0, 0.1) is 0 Å².